The summed E-state index contributed by atoms with van der Waals surface area (Å²) in [5.41, 5.74) is 4.96. The Kier molecular flexibility index (Phi) is 7.47. The van der Waals surface area contributed by atoms with E-state index in [4.69, 9.17) is 0 Å². The van der Waals surface area contributed by atoms with Crippen molar-refractivity contribution in [2.24, 2.45) is 0 Å². The second-order valence-corrected chi connectivity index (χ2v) is 9.80. The van der Waals surface area contributed by atoms with Crippen LogP contribution in [0.3, 0.4) is 0 Å². The average Bonchev–Trinajstić information content (AvgIpc) is 2.72. The Bertz CT molecular complexity index is 925. The van der Waals surface area contributed by atoms with Gasteiger partial charge < -0.3 is 10.4 Å². The van der Waals surface area contributed by atoms with E-state index in [-0.39, 0.29) is 5.16 Å². The van der Waals surface area contributed by atoms with Crippen LogP contribution in [0.2, 0.25) is 0 Å². The van der Waals surface area contributed by atoms with Gasteiger partial charge in [-0.3, -0.25) is 0 Å². The van der Waals surface area contributed by atoms with Crippen LogP contribution >= 0.6 is 8.58 Å². The maximum absolute atomic E-state index is 10.8. The van der Waals surface area contributed by atoms with Crippen LogP contribution in [0.15, 0.2) is 72.8 Å². The summed E-state index contributed by atoms with van der Waals surface area (Å²) >= 11 is 0. The van der Waals surface area contributed by atoms with Gasteiger partial charge in [0, 0.05) is 17.3 Å². The zero-order valence-corrected chi connectivity index (χ0v) is 18.7. The minimum absolute atomic E-state index is 0.0879. The molecule has 2 unspecified atom stereocenters. The summed E-state index contributed by atoms with van der Waals surface area (Å²) in [5, 5.41) is 15.4. The molecule has 3 heteroatoms. The van der Waals surface area contributed by atoms with Gasteiger partial charge in [0.15, 0.2) is 0 Å². The normalized spacial score (nSPS) is 13.6. The predicted molar refractivity (Wildman–Crippen MR) is 127 cm³/mol. The average molecular weight is 406 g/mol. The van der Waals surface area contributed by atoms with E-state index < -0.39 is 0 Å². The summed E-state index contributed by atoms with van der Waals surface area (Å²) in [7, 11) is 2.59. The highest BCUT2D eigenvalue weighted by Gasteiger charge is 2.30. The minimum Gasteiger partial charge on any atom is -0.508 e. The Morgan fingerprint density at radius 2 is 1.66 bits per heavy atom. The third-order valence-electron chi connectivity index (χ3n) is 5.45. The van der Waals surface area contributed by atoms with E-state index in [1.54, 1.807) is 0 Å². The molecule has 0 saturated heterocycles. The number of hydrogen-bond acceptors (Lipinski definition) is 2. The second-order valence-electron chi connectivity index (χ2n) is 7.91. The molecule has 29 heavy (non-hydrogen) atoms. The fraction of sp³-hybridized carbons (Fsp3) is 0.308. The van der Waals surface area contributed by atoms with E-state index in [1.807, 2.05) is 19.2 Å². The maximum Gasteiger partial charge on any atom is 0.119 e. The number of benzene rings is 3. The smallest absolute Gasteiger partial charge is 0.119 e. The lowest BCUT2D eigenvalue weighted by Gasteiger charge is -2.32. The zero-order valence-electron chi connectivity index (χ0n) is 17.7. The summed E-state index contributed by atoms with van der Waals surface area (Å²) in [4.78, 5) is 0. The Morgan fingerprint density at radius 3 is 2.38 bits per heavy atom. The molecule has 2 atom stereocenters. The fourth-order valence-electron chi connectivity index (χ4n) is 4.02. The molecule has 2 nitrogen and oxygen atoms in total. The molecule has 2 N–H and O–H groups in total. The van der Waals surface area contributed by atoms with Gasteiger partial charge in [0.1, 0.15) is 5.75 Å². The quantitative estimate of drug-likeness (QED) is 0.446. The molecule has 0 aromatic heterocycles. The lowest BCUT2D eigenvalue weighted by atomic mass is 9.91. The zero-order chi connectivity index (χ0) is 20.7. The van der Waals surface area contributed by atoms with Gasteiger partial charge in [-0.1, -0.05) is 95.6 Å². The van der Waals surface area contributed by atoms with Crippen molar-refractivity contribution in [3.05, 3.63) is 95.1 Å². The number of rotatable bonds is 9. The Balaban J connectivity index is 1.96. The van der Waals surface area contributed by atoms with Crippen molar-refractivity contribution in [1.29, 1.82) is 0 Å². The van der Waals surface area contributed by atoms with Crippen molar-refractivity contribution in [2.75, 3.05) is 7.05 Å². The largest absolute Gasteiger partial charge is 0.508 e. The van der Waals surface area contributed by atoms with Crippen molar-refractivity contribution in [2.45, 2.75) is 44.8 Å². The lowest BCUT2D eigenvalue weighted by Crippen LogP contribution is -2.22. The van der Waals surface area contributed by atoms with Crippen LogP contribution in [0.1, 0.15) is 48.9 Å². The number of phenolic OH excluding ortho intramolecular Hbond substituents is 1. The van der Waals surface area contributed by atoms with Gasteiger partial charge in [-0.05, 0) is 48.0 Å². The maximum atomic E-state index is 10.8. The molecule has 0 heterocycles. The summed E-state index contributed by atoms with van der Waals surface area (Å²) in [6.45, 7) is 5.41. The molecule has 0 radical (unpaired) electrons. The van der Waals surface area contributed by atoms with Crippen molar-refractivity contribution >= 4 is 13.9 Å². The number of aromatic hydroxyl groups is 1. The molecular formula is C26H32NOP. The lowest BCUT2D eigenvalue weighted by molar-refractivity contribution is 0.453. The molecule has 3 aromatic rings. The molecule has 152 valence electrons. The first-order valence-electron chi connectivity index (χ1n) is 10.4. The molecular weight excluding hydrogens is 373 g/mol. The van der Waals surface area contributed by atoms with Crippen LogP contribution in [-0.4, -0.2) is 12.2 Å². The summed E-state index contributed by atoms with van der Waals surface area (Å²) in [6, 6.07) is 25.4. The highest BCUT2D eigenvalue weighted by atomic mass is 31.1. The molecule has 3 aromatic carbocycles. The Hall–Kier alpha value is -2.15. The predicted octanol–water partition coefficient (Wildman–Crippen LogP) is 5.72. The molecule has 0 amide bonds. The standard InChI is InChI=1S/C26H32NOP/c1-4-16-26(2,29-25-13-9-8-12-22(25)19-27-3)23-18-21(14-15-24(23)28)17-20-10-6-5-7-11-20/h5-15,18,27-29H,4,16-17,19H2,1-3H3. The van der Waals surface area contributed by atoms with Gasteiger partial charge in [-0.2, -0.15) is 0 Å². The van der Waals surface area contributed by atoms with Crippen LogP contribution in [0.25, 0.3) is 0 Å². The number of nitrogens with one attached hydrogen (secondary N) is 1. The third-order valence-corrected chi connectivity index (χ3v) is 7.28. The summed E-state index contributed by atoms with van der Waals surface area (Å²) in [6.07, 6.45) is 3.01. The summed E-state index contributed by atoms with van der Waals surface area (Å²) in [5.74, 6) is 0.413. The summed E-state index contributed by atoms with van der Waals surface area (Å²) < 4.78 is 0. The molecule has 0 spiro atoms. The first-order valence-corrected chi connectivity index (χ1v) is 11.4. The van der Waals surface area contributed by atoms with E-state index >= 15 is 0 Å². The monoisotopic (exact) mass is 405 g/mol. The van der Waals surface area contributed by atoms with E-state index in [0.29, 0.717) is 14.3 Å². The van der Waals surface area contributed by atoms with E-state index in [2.05, 4.69) is 79.8 Å². The fourth-order valence-corrected chi connectivity index (χ4v) is 5.83. The molecule has 0 aliphatic carbocycles. The van der Waals surface area contributed by atoms with Crippen molar-refractivity contribution in [3.8, 4) is 5.75 Å². The molecule has 0 saturated carbocycles. The van der Waals surface area contributed by atoms with Crippen molar-refractivity contribution in [3.63, 3.8) is 0 Å². The van der Waals surface area contributed by atoms with Crippen molar-refractivity contribution < 1.29 is 5.11 Å². The first kappa shape index (κ1) is 21.6. The van der Waals surface area contributed by atoms with E-state index in [9.17, 15) is 5.11 Å². The van der Waals surface area contributed by atoms with Gasteiger partial charge in [0.2, 0.25) is 0 Å². The molecule has 0 aliphatic heterocycles. The van der Waals surface area contributed by atoms with Crippen LogP contribution in [0.5, 0.6) is 5.75 Å². The van der Waals surface area contributed by atoms with Crippen LogP contribution in [0, 0.1) is 0 Å². The highest BCUT2D eigenvalue weighted by Crippen LogP contribution is 2.48. The Morgan fingerprint density at radius 1 is 0.931 bits per heavy atom. The highest BCUT2D eigenvalue weighted by molar-refractivity contribution is 7.48. The minimum atomic E-state index is -0.0879. The van der Waals surface area contributed by atoms with Crippen LogP contribution in [0.4, 0.5) is 0 Å². The molecule has 0 fully saturated rings. The van der Waals surface area contributed by atoms with Gasteiger partial charge in [-0.15, -0.1) is 0 Å². The SMILES string of the molecule is CCCC(C)(Pc1ccccc1CNC)c1cc(Cc2ccccc2)ccc1O. The molecule has 0 bridgehead atoms. The third kappa shape index (κ3) is 5.47. The second kappa shape index (κ2) is 10.1. The van der Waals surface area contributed by atoms with E-state index in [0.717, 1.165) is 31.4 Å². The van der Waals surface area contributed by atoms with Crippen LogP contribution < -0.4 is 10.6 Å². The van der Waals surface area contributed by atoms with E-state index in [1.165, 1.54) is 22.0 Å². The number of hydrogen-bond donors (Lipinski definition) is 2. The first-order chi connectivity index (χ1) is 14.1. The van der Waals surface area contributed by atoms with Gasteiger partial charge in [0.05, 0.1) is 0 Å². The van der Waals surface area contributed by atoms with Gasteiger partial charge in [0.25, 0.3) is 0 Å². The molecule has 3 rings (SSSR count). The van der Waals surface area contributed by atoms with Gasteiger partial charge >= 0.3 is 0 Å². The van der Waals surface area contributed by atoms with Crippen LogP contribution in [-0.2, 0) is 18.1 Å². The molecule has 0 aliphatic rings. The van der Waals surface area contributed by atoms with Crippen molar-refractivity contribution in [1.82, 2.24) is 5.32 Å². The Labute approximate surface area is 177 Å². The van der Waals surface area contributed by atoms with Gasteiger partial charge in [-0.25, -0.2) is 0 Å². The number of phenols is 1. The topological polar surface area (TPSA) is 32.3 Å².